The third-order valence-corrected chi connectivity index (χ3v) is 3.09. The van der Waals surface area contributed by atoms with Crippen LogP contribution in [0.1, 0.15) is 19.3 Å². The van der Waals surface area contributed by atoms with Crippen LogP contribution in [0.5, 0.6) is 0 Å². The lowest BCUT2D eigenvalue weighted by molar-refractivity contribution is -0.140. The van der Waals surface area contributed by atoms with Crippen molar-refractivity contribution in [2.45, 2.75) is 31.4 Å². The van der Waals surface area contributed by atoms with Crippen LogP contribution in [0.15, 0.2) is 0 Å². The van der Waals surface area contributed by atoms with Gasteiger partial charge in [0.2, 0.25) is 5.91 Å². The molecule has 0 aromatic rings. The fourth-order valence-corrected chi connectivity index (χ4v) is 1.98. The van der Waals surface area contributed by atoms with Crippen LogP contribution in [0.3, 0.4) is 0 Å². The number of aliphatic hydroxyl groups excluding tert-OH is 1. The minimum Gasteiger partial charge on any atom is -0.480 e. The predicted octanol–water partition coefficient (Wildman–Crippen LogP) is -1.27. The Morgan fingerprint density at radius 1 is 1.42 bits per heavy atom. The number of hydrogen-bond donors (Lipinski definition) is 4. The number of primary amides is 1. The molecule has 1 saturated carbocycles. The molecule has 1 aliphatic rings. The molecule has 0 bridgehead atoms. The number of hydrogen-bond acceptors (Lipinski definition) is 4. The lowest BCUT2D eigenvalue weighted by Gasteiger charge is -2.34. The zero-order chi connectivity index (χ0) is 14.6. The van der Waals surface area contributed by atoms with Gasteiger partial charge in [0.15, 0.2) is 0 Å². The number of rotatable bonds is 6. The summed E-state index contributed by atoms with van der Waals surface area (Å²) in [5.74, 6) is -1.87. The number of aliphatic hydroxyl groups is 1. The molecule has 0 aromatic heterocycles. The van der Waals surface area contributed by atoms with Gasteiger partial charge >= 0.3 is 12.0 Å². The van der Waals surface area contributed by atoms with Crippen molar-refractivity contribution in [3.63, 3.8) is 0 Å². The number of carbonyl (C=O) groups excluding carboxylic acids is 2. The molecule has 0 heterocycles. The highest BCUT2D eigenvalue weighted by Gasteiger charge is 2.30. The molecular formula is C11H19N3O5. The maximum Gasteiger partial charge on any atom is 0.326 e. The third-order valence-electron chi connectivity index (χ3n) is 3.09. The number of nitrogens with zero attached hydrogens (tertiary/aromatic N) is 1. The maximum absolute atomic E-state index is 11.7. The largest absolute Gasteiger partial charge is 0.480 e. The average molecular weight is 273 g/mol. The predicted molar refractivity (Wildman–Crippen MR) is 65.1 cm³/mol. The quantitative estimate of drug-likeness (QED) is 0.479. The van der Waals surface area contributed by atoms with Gasteiger partial charge in [-0.3, -0.25) is 4.79 Å². The molecule has 1 aliphatic carbocycles. The molecule has 0 spiro atoms. The zero-order valence-corrected chi connectivity index (χ0v) is 10.7. The van der Waals surface area contributed by atoms with E-state index in [1.807, 2.05) is 0 Å². The monoisotopic (exact) mass is 273 g/mol. The lowest BCUT2D eigenvalue weighted by Crippen LogP contribution is -2.50. The van der Waals surface area contributed by atoms with Crippen LogP contribution >= 0.6 is 0 Å². The summed E-state index contributed by atoms with van der Waals surface area (Å²) >= 11 is 0. The normalized spacial score (nSPS) is 23.1. The zero-order valence-electron chi connectivity index (χ0n) is 10.7. The number of nitrogens with two attached hydrogens (primary N) is 1. The van der Waals surface area contributed by atoms with E-state index in [9.17, 15) is 14.4 Å². The molecule has 0 saturated heterocycles. The Bertz CT molecular complexity index is 367. The number of carboxylic acids is 1. The fourth-order valence-electron chi connectivity index (χ4n) is 1.98. The van der Waals surface area contributed by atoms with Crippen molar-refractivity contribution < 1.29 is 24.6 Å². The third kappa shape index (κ3) is 4.74. The minimum absolute atomic E-state index is 0.227. The molecule has 8 nitrogen and oxygen atoms in total. The van der Waals surface area contributed by atoms with Crippen molar-refractivity contribution in [3.05, 3.63) is 0 Å². The van der Waals surface area contributed by atoms with Gasteiger partial charge in [-0.05, 0) is 18.8 Å². The highest BCUT2D eigenvalue weighted by Crippen LogP contribution is 2.27. The van der Waals surface area contributed by atoms with E-state index in [0.29, 0.717) is 19.4 Å². The van der Waals surface area contributed by atoms with Crippen LogP contribution in [0.4, 0.5) is 4.79 Å². The topological polar surface area (TPSA) is 133 Å². The number of carboxylic acid groups (broad SMARTS) is 1. The first-order valence-corrected chi connectivity index (χ1v) is 6.00. The van der Waals surface area contributed by atoms with E-state index < -0.39 is 30.4 Å². The van der Waals surface area contributed by atoms with E-state index in [1.165, 1.54) is 11.9 Å². The summed E-state index contributed by atoms with van der Waals surface area (Å²) in [4.78, 5) is 34.6. The Kier molecular flexibility index (Phi) is 5.11. The lowest BCUT2D eigenvalue weighted by atomic mass is 9.82. The second-order valence-corrected chi connectivity index (χ2v) is 4.88. The molecule has 108 valence electrons. The summed E-state index contributed by atoms with van der Waals surface area (Å²) in [5, 5.41) is 20.2. The molecule has 1 atom stereocenters. The van der Waals surface area contributed by atoms with Crippen molar-refractivity contribution >= 4 is 17.9 Å². The Labute approximate surface area is 110 Å². The van der Waals surface area contributed by atoms with Gasteiger partial charge in [-0.2, -0.15) is 0 Å². The molecule has 0 unspecified atom stereocenters. The molecule has 3 amide bonds. The minimum atomic E-state index is -1.32. The first kappa shape index (κ1) is 15.2. The van der Waals surface area contributed by atoms with Crippen molar-refractivity contribution in [1.82, 2.24) is 10.2 Å². The number of carbonyl (C=O) groups is 3. The van der Waals surface area contributed by atoms with E-state index in [2.05, 4.69) is 5.32 Å². The molecule has 1 fully saturated rings. The van der Waals surface area contributed by atoms with Gasteiger partial charge < -0.3 is 26.2 Å². The van der Waals surface area contributed by atoms with Gasteiger partial charge in [0.25, 0.3) is 0 Å². The van der Waals surface area contributed by atoms with Crippen LogP contribution in [0.2, 0.25) is 0 Å². The number of amides is 3. The van der Waals surface area contributed by atoms with Gasteiger partial charge in [-0.1, -0.05) is 0 Å². The van der Waals surface area contributed by atoms with Crippen LogP contribution in [0.25, 0.3) is 0 Å². The van der Waals surface area contributed by atoms with Gasteiger partial charge in [0, 0.05) is 13.6 Å². The van der Waals surface area contributed by atoms with Crippen LogP contribution in [0, 0.1) is 5.92 Å². The van der Waals surface area contributed by atoms with E-state index in [0.717, 1.165) is 0 Å². The number of urea groups is 1. The van der Waals surface area contributed by atoms with Gasteiger partial charge in [-0.15, -0.1) is 0 Å². The van der Waals surface area contributed by atoms with Gasteiger partial charge in [-0.25, -0.2) is 9.59 Å². The van der Waals surface area contributed by atoms with Crippen LogP contribution in [-0.4, -0.2) is 58.8 Å². The summed E-state index contributed by atoms with van der Waals surface area (Å²) in [6.07, 6.45) is 0.530. The standard InChI is InChI=1S/C11H19N3O5/c1-14(5-6-2-7(15)3-6)11(19)13-8(10(17)18)4-9(12)16/h6-8,15H,2-5H2,1H3,(H2,12,16)(H,13,19)(H,17,18)/t6?,7?,8-/m1/s1. The van der Waals surface area contributed by atoms with Gasteiger partial charge in [0.1, 0.15) is 6.04 Å². The Balaban J connectivity index is 2.42. The van der Waals surface area contributed by atoms with Crippen molar-refractivity contribution in [3.8, 4) is 0 Å². The molecular weight excluding hydrogens is 254 g/mol. The first-order chi connectivity index (χ1) is 8.79. The van der Waals surface area contributed by atoms with Crippen molar-refractivity contribution in [2.24, 2.45) is 11.7 Å². The fraction of sp³-hybridized carbons (Fsp3) is 0.727. The first-order valence-electron chi connectivity index (χ1n) is 6.00. The summed E-state index contributed by atoms with van der Waals surface area (Å²) in [6, 6.07) is -1.89. The Morgan fingerprint density at radius 2 is 2.00 bits per heavy atom. The van der Waals surface area contributed by atoms with Crippen LogP contribution in [-0.2, 0) is 9.59 Å². The molecule has 1 rings (SSSR count). The van der Waals surface area contributed by atoms with Crippen LogP contribution < -0.4 is 11.1 Å². The SMILES string of the molecule is CN(CC1CC(O)C1)C(=O)N[C@H](CC(N)=O)C(=O)O. The van der Waals surface area contributed by atoms with E-state index in [-0.39, 0.29) is 12.0 Å². The smallest absolute Gasteiger partial charge is 0.326 e. The van der Waals surface area contributed by atoms with Crippen molar-refractivity contribution in [2.75, 3.05) is 13.6 Å². The van der Waals surface area contributed by atoms with E-state index >= 15 is 0 Å². The van der Waals surface area contributed by atoms with E-state index in [1.54, 1.807) is 0 Å². The molecule has 8 heteroatoms. The molecule has 0 radical (unpaired) electrons. The molecule has 0 aromatic carbocycles. The highest BCUT2D eigenvalue weighted by atomic mass is 16.4. The van der Waals surface area contributed by atoms with Gasteiger partial charge in [0.05, 0.1) is 12.5 Å². The summed E-state index contributed by atoms with van der Waals surface area (Å²) < 4.78 is 0. The molecule has 19 heavy (non-hydrogen) atoms. The Hall–Kier alpha value is -1.83. The second-order valence-electron chi connectivity index (χ2n) is 4.88. The maximum atomic E-state index is 11.7. The van der Waals surface area contributed by atoms with Crippen molar-refractivity contribution in [1.29, 1.82) is 0 Å². The Morgan fingerprint density at radius 3 is 2.42 bits per heavy atom. The molecule has 5 N–H and O–H groups in total. The van der Waals surface area contributed by atoms with E-state index in [4.69, 9.17) is 15.9 Å². The highest BCUT2D eigenvalue weighted by molar-refractivity contribution is 5.87. The average Bonchev–Trinajstić information content (AvgIpc) is 2.24. The second kappa shape index (κ2) is 6.37. The number of nitrogens with one attached hydrogen (secondary N) is 1. The molecule has 0 aliphatic heterocycles. The number of aliphatic carboxylic acids is 1. The summed E-state index contributed by atoms with van der Waals surface area (Å²) in [5.41, 5.74) is 4.91. The summed E-state index contributed by atoms with van der Waals surface area (Å²) in [6.45, 7) is 0.436. The summed E-state index contributed by atoms with van der Waals surface area (Å²) in [7, 11) is 1.53.